The first-order valence-electron chi connectivity index (χ1n) is 16.0. The highest BCUT2D eigenvalue weighted by Crippen LogP contribution is 2.30. The summed E-state index contributed by atoms with van der Waals surface area (Å²) in [6.45, 7) is 10.5. The third kappa shape index (κ3) is 7.07. The van der Waals surface area contributed by atoms with E-state index in [0.29, 0.717) is 17.6 Å². The van der Waals surface area contributed by atoms with Crippen LogP contribution in [0.1, 0.15) is 82.0 Å². The first-order valence-corrected chi connectivity index (χ1v) is 16.0. The Hall–Kier alpha value is -3.91. The number of methoxy groups -OCH3 is 1. The van der Waals surface area contributed by atoms with E-state index in [-0.39, 0.29) is 5.91 Å². The molecular formula is C36H47N5O3. The predicted octanol–water partition coefficient (Wildman–Crippen LogP) is 5.53. The summed E-state index contributed by atoms with van der Waals surface area (Å²) in [6, 6.07) is 15.1. The van der Waals surface area contributed by atoms with E-state index in [9.17, 15) is 9.59 Å². The maximum absolute atomic E-state index is 13.6. The van der Waals surface area contributed by atoms with E-state index < -0.39 is 5.91 Å². The lowest BCUT2D eigenvalue weighted by molar-refractivity contribution is 0.0790. The monoisotopic (exact) mass is 597 g/mol. The third-order valence-corrected chi connectivity index (χ3v) is 9.63. The van der Waals surface area contributed by atoms with Gasteiger partial charge in [0.2, 0.25) is 5.91 Å². The first-order chi connectivity index (χ1) is 21.3. The van der Waals surface area contributed by atoms with Crippen LogP contribution in [0.25, 0.3) is 0 Å². The van der Waals surface area contributed by atoms with Gasteiger partial charge in [0.15, 0.2) is 0 Å². The highest BCUT2D eigenvalue weighted by atomic mass is 16.5. The Morgan fingerprint density at radius 1 is 1.07 bits per heavy atom. The number of carbonyl (C=O) groups excluding carboxylic acids is 2. The lowest BCUT2D eigenvalue weighted by atomic mass is 9.88. The molecule has 0 radical (unpaired) electrons. The van der Waals surface area contributed by atoms with Gasteiger partial charge in [0.25, 0.3) is 5.91 Å². The fourth-order valence-corrected chi connectivity index (χ4v) is 7.07. The van der Waals surface area contributed by atoms with Gasteiger partial charge in [-0.05, 0) is 118 Å². The van der Waals surface area contributed by atoms with Crippen LogP contribution in [0.15, 0.2) is 54.9 Å². The highest BCUT2D eigenvalue weighted by molar-refractivity contribution is 6.01. The minimum atomic E-state index is -0.427. The number of aromatic nitrogens is 1. The molecule has 44 heavy (non-hydrogen) atoms. The average Bonchev–Trinajstić information content (AvgIpc) is 3.58. The molecule has 0 spiro atoms. The number of anilines is 1. The summed E-state index contributed by atoms with van der Waals surface area (Å²) in [6.07, 6.45) is 9.63. The molecule has 8 nitrogen and oxygen atoms in total. The molecule has 2 aliphatic rings. The van der Waals surface area contributed by atoms with E-state index in [1.54, 1.807) is 7.11 Å². The van der Waals surface area contributed by atoms with Crippen molar-refractivity contribution in [1.29, 1.82) is 0 Å². The molecule has 0 saturated carbocycles. The summed E-state index contributed by atoms with van der Waals surface area (Å²) in [5.74, 6) is 0.514. The SMILES string of the molecule is COc1ccc(N(Cc2cccnc2)C2CCN([C@H](C)CCc3c(C(=O)N4CCCC4)cc(C)c(C(N)=O)c3C)CC2)cc1. The summed E-state index contributed by atoms with van der Waals surface area (Å²) in [7, 11) is 1.70. The van der Waals surface area contributed by atoms with Gasteiger partial charge >= 0.3 is 0 Å². The molecule has 2 aromatic carbocycles. The average molecular weight is 598 g/mol. The largest absolute Gasteiger partial charge is 0.497 e. The smallest absolute Gasteiger partial charge is 0.254 e. The second-order valence-corrected chi connectivity index (χ2v) is 12.4. The van der Waals surface area contributed by atoms with Crippen LogP contribution in [0.3, 0.4) is 0 Å². The zero-order chi connectivity index (χ0) is 31.2. The van der Waals surface area contributed by atoms with Gasteiger partial charge in [-0.1, -0.05) is 6.07 Å². The molecule has 1 atom stereocenters. The van der Waals surface area contributed by atoms with Crippen molar-refractivity contribution in [3.05, 3.63) is 88.2 Å². The molecule has 8 heteroatoms. The normalized spacial score (nSPS) is 16.6. The Morgan fingerprint density at radius 3 is 2.39 bits per heavy atom. The van der Waals surface area contributed by atoms with Crippen LogP contribution < -0.4 is 15.4 Å². The van der Waals surface area contributed by atoms with E-state index in [4.69, 9.17) is 10.5 Å². The Balaban J connectivity index is 1.28. The number of ether oxygens (including phenoxy) is 1. The van der Waals surface area contributed by atoms with E-state index >= 15 is 0 Å². The molecule has 2 amide bonds. The molecule has 0 aliphatic carbocycles. The number of hydrogen-bond acceptors (Lipinski definition) is 6. The number of amides is 2. The number of nitrogens with two attached hydrogens (primary N) is 1. The van der Waals surface area contributed by atoms with Crippen molar-refractivity contribution in [3.63, 3.8) is 0 Å². The van der Waals surface area contributed by atoms with Crippen molar-refractivity contribution in [2.24, 2.45) is 5.73 Å². The number of rotatable bonds is 11. The summed E-state index contributed by atoms with van der Waals surface area (Å²) < 4.78 is 5.41. The fraction of sp³-hybridized carbons (Fsp3) is 0.472. The van der Waals surface area contributed by atoms with Crippen LogP contribution in [0.5, 0.6) is 5.75 Å². The van der Waals surface area contributed by atoms with Crippen LogP contribution in [-0.2, 0) is 13.0 Å². The molecule has 0 bridgehead atoms. The first kappa shape index (κ1) is 31.5. The van der Waals surface area contributed by atoms with Gasteiger partial charge in [-0.15, -0.1) is 0 Å². The van der Waals surface area contributed by atoms with E-state index in [0.717, 1.165) is 99.3 Å². The van der Waals surface area contributed by atoms with E-state index in [2.05, 4.69) is 39.9 Å². The number of hydrogen-bond donors (Lipinski definition) is 1. The minimum Gasteiger partial charge on any atom is -0.497 e. The summed E-state index contributed by atoms with van der Waals surface area (Å²) in [4.78, 5) is 37.3. The molecule has 234 valence electrons. The predicted molar refractivity (Wildman–Crippen MR) is 175 cm³/mol. The Kier molecular flexibility index (Phi) is 10.2. The molecule has 3 heterocycles. The van der Waals surface area contributed by atoms with Crippen molar-refractivity contribution < 1.29 is 14.3 Å². The second-order valence-electron chi connectivity index (χ2n) is 12.4. The molecule has 1 aromatic heterocycles. The fourth-order valence-electron chi connectivity index (χ4n) is 7.07. The molecule has 2 fully saturated rings. The van der Waals surface area contributed by atoms with Gasteiger partial charge in [0.05, 0.1) is 7.11 Å². The van der Waals surface area contributed by atoms with Crippen molar-refractivity contribution >= 4 is 17.5 Å². The van der Waals surface area contributed by atoms with E-state index in [1.807, 2.05) is 55.4 Å². The standard InChI is InChI=1S/C36H47N5O3/c1-25-22-33(36(43)40-18-5-6-19-40)32(27(3)34(25)35(37)42)14-9-26(2)39-20-15-30(16-21-39)41(24-28-8-7-17-38-23-28)29-10-12-31(44-4)13-11-29/h7-8,10-13,17,22-23,26,30H,5-6,9,14-16,18-21,24H2,1-4H3,(H2,37,42)/t26-/m1/s1. The Labute approximate surface area is 262 Å². The summed E-state index contributed by atoms with van der Waals surface area (Å²) in [5.41, 5.74) is 12.1. The topological polar surface area (TPSA) is 92.0 Å². The molecule has 2 saturated heterocycles. The molecular weight excluding hydrogens is 550 g/mol. The third-order valence-electron chi connectivity index (χ3n) is 9.63. The van der Waals surface area contributed by atoms with Gasteiger partial charge in [-0.25, -0.2) is 0 Å². The molecule has 0 unspecified atom stereocenters. The van der Waals surface area contributed by atoms with Crippen LogP contribution in [0.4, 0.5) is 5.69 Å². The maximum Gasteiger partial charge on any atom is 0.254 e. The van der Waals surface area contributed by atoms with Crippen molar-refractivity contribution in [2.75, 3.05) is 38.2 Å². The van der Waals surface area contributed by atoms with Gasteiger partial charge < -0.3 is 25.2 Å². The van der Waals surface area contributed by atoms with Gasteiger partial charge in [-0.3, -0.25) is 14.6 Å². The summed E-state index contributed by atoms with van der Waals surface area (Å²) in [5, 5.41) is 0. The number of nitrogens with zero attached hydrogens (tertiary/aromatic N) is 4. The Bertz CT molecular complexity index is 1430. The maximum atomic E-state index is 13.6. The van der Waals surface area contributed by atoms with Crippen LogP contribution >= 0.6 is 0 Å². The molecule has 3 aromatic rings. The molecule has 2 N–H and O–H groups in total. The number of likely N-dealkylation sites (tertiary alicyclic amines) is 2. The highest BCUT2D eigenvalue weighted by Gasteiger charge is 2.29. The number of carbonyl (C=O) groups is 2. The minimum absolute atomic E-state index is 0.0837. The van der Waals surface area contributed by atoms with Crippen molar-refractivity contribution in [1.82, 2.24) is 14.8 Å². The van der Waals surface area contributed by atoms with Crippen LogP contribution in [0, 0.1) is 13.8 Å². The zero-order valence-corrected chi connectivity index (χ0v) is 26.7. The Morgan fingerprint density at radius 2 is 1.77 bits per heavy atom. The van der Waals surface area contributed by atoms with E-state index in [1.165, 1.54) is 11.3 Å². The summed E-state index contributed by atoms with van der Waals surface area (Å²) >= 11 is 0. The van der Waals surface area contributed by atoms with Crippen LogP contribution in [0.2, 0.25) is 0 Å². The zero-order valence-electron chi connectivity index (χ0n) is 26.7. The van der Waals surface area contributed by atoms with Gasteiger partial charge in [0.1, 0.15) is 5.75 Å². The number of primary amides is 1. The van der Waals surface area contributed by atoms with Crippen molar-refractivity contribution in [2.45, 2.75) is 77.9 Å². The molecule has 5 rings (SSSR count). The number of piperidine rings is 1. The number of benzene rings is 2. The quantitative estimate of drug-likeness (QED) is 0.312. The number of aryl methyl sites for hydroxylation is 1. The molecule has 2 aliphatic heterocycles. The number of pyridine rings is 1. The lowest BCUT2D eigenvalue weighted by Crippen LogP contribution is -2.47. The second kappa shape index (κ2) is 14.2. The van der Waals surface area contributed by atoms with Crippen molar-refractivity contribution in [3.8, 4) is 5.75 Å². The van der Waals surface area contributed by atoms with Gasteiger partial charge in [0, 0.05) is 74.0 Å². The van der Waals surface area contributed by atoms with Gasteiger partial charge in [-0.2, -0.15) is 0 Å². The van der Waals surface area contributed by atoms with Crippen LogP contribution in [-0.4, -0.2) is 72.0 Å². The lowest BCUT2D eigenvalue weighted by Gasteiger charge is -2.42.